The monoisotopic (exact) mass is 414 g/mol. The SMILES string of the molecule is CCCCCCCCCCCCCCCC.Oc1ccccc1.Oc1ccccc1. The number of unbranched alkanes of at least 4 members (excludes halogenated alkanes) is 13. The van der Waals surface area contributed by atoms with E-state index in [1.54, 1.807) is 48.5 Å². The summed E-state index contributed by atoms with van der Waals surface area (Å²) < 4.78 is 0. The van der Waals surface area contributed by atoms with E-state index in [-0.39, 0.29) is 0 Å². The van der Waals surface area contributed by atoms with E-state index < -0.39 is 0 Å². The molecule has 2 aromatic carbocycles. The van der Waals surface area contributed by atoms with Gasteiger partial charge in [-0.15, -0.1) is 0 Å². The minimum absolute atomic E-state index is 0.322. The van der Waals surface area contributed by atoms with Crippen LogP contribution < -0.4 is 0 Å². The van der Waals surface area contributed by atoms with Crippen molar-refractivity contribution in [1.29, 1.82) is 0 Å². The van der Waals surface area contributed by atoms with Crippen LogP contribution in [0.5, 0.6) is 11.5 Å². The highest BCUT2D eigenvalue weighted by Gasteiger charge is 1.92. The number of aromatic hydroxyl groups is 2. The third-order valence-electron chi connectivity index (χ3n) is 4.97. The lowest BCUT2D eigenvalue weighted by molar-refractivity contribution is 0.475. The van der Waals surface area contributed by atoms with Crippen molar-refractivity contribution >= 4 is 0 Å². The molecule has 2 nitrogen and oxygen atoms in total. The molecule has 0 aliphatic rings. The highest BCUT2D eigenvalue weighted by Crippen LogP contribution is 2.12. The van der Waals surface area contributed by atoms with Crippen LogP contribution in [-0.4, -0.2) is 10.2 Å². The van der Waals surface area contributed by atoms with Crippen molar-refractivity contribution in [1.82, 2.24) is 0 Å². The van der Waals surface area contributed by atoms with Crippen molar-refractivity contribution in [2.75, 3.05) is 0 Å². The van der Waals surface area contributed by atoms with Crippen molar-refractivity contribution in [3.05, 3.63) is 60.7 Å². The zero-order chi connectivity index (χ0) is 22.1. The van der Waals surface area contributed by atoms with Crippen LogP contribution in [0.4, 0.5) is 0 Å². The molecule has 0 bridgehead atoms. The Morgan fingerprint density at radius 3 is 0.800 bits per heavy atom. The topological polar surface area (TPSA) is 40.5 Å². The molecule has 0 heterocycles. The normalized spacial score (nSPS) is 9.80. The summed E-state index contributed by atoms with van der Waals surface area (Å²) in [7, 11) is 0. The molecule has 0 saturated carbocycles. The molecule has 30 heavy (non-hydrogen) atoms. The molecule has 0 atom stereocenters. The summed E-state index contributed by atoms with van der Waals surface area (Å²) in [4.78, 5) is 0. The molecular weight excluding hydrogens is 368 g/mol. The van der Waals surface area contributed by atoms with Crippen LogP contribution in [0.3, 0.4) is 0 Å². The van der Waals surface area contributed by atoms with Gasteiger partial charge >= 0.3 is 0 Å². The summed E-state index contributed by atoms with van der Waals surface area (Å²) in [5, 5.41) is 17.3. The van der Waals surface area contributed by atoms with Gasteiger partial charge in [0, 0.05) is 0 Å². The van der Waals surface area contributed by atoms with E-state index in [4.69, 9.17) is 10.2 Å². The maximum atomic E-state index is 8.63. The Morgan fingerprint density at radius 2 is 0.633 bits per heavy atom. The maximum Gasteiger partial charge on any atom is 0.115 e. The molecule has 0 saturated heterocycles. The molecule has 0 aromatic heterocycles. The lowest BCUT2D eigenvalue weighted by Crippen LogP contribution is -1.82. The van der Waals surface area contributed by atoms with Gasteiger partial charge in [-0.2, -0.15) is 0 Å². The molecule has 2 aromatic rings. The van der Waals surface area contributed by atoms with Crippen molar-refractivity contribution in [2.45, 2.75) is 104 Å². The largest absolute Gasteiger partial charge is 0.508 e. The van der Waals surface area contributed by atoms with Gasteiger partial charge in [0.05, 0.1) is 0 Å². The molecule has 170 valence electrons. The Balaban J connectivity index is 0.000000487. The van der Waals surface area contributed by atoms with Gasteiger partial charge in [-0.3, -0.25) is 0 Å². The van der Waals surface area contributed by atoms with E-state index in [1.165, 1.54) is 89.9 Å². The van der Waals surface area contributed by atoms with E-state index in [0.29, 0.717) is 11.5 Å². The second-order valence-electron chi connectivity index (χ2n) is 7.91. The van der Waals surface area contributed by atoms with Crippen LogP contribution in [0.25, 0.3) is 0 Å². The molecule has 0 fully saturated rings. The number of para-hydroxylation sites is 2. The maximum absolute atomic E-state index is 8.63. The van der Waals surface area contributed by atoms with Gasteiger partial charge in [0.25, 0.3) is 0 Å². The summed E-state index contributed by atoms with van der Waals surface area (Å²) in [6.07, 6.45) is 20.4. The van der Waals surface area contributed by atoms with E-state index in [9.17, 15) is 0 Å². The summed E-state index contributed by atoms with van der Waals surface area (Å²) in [5.74, 6) is 0.644. The van der Waals surface area contributed by atoms with Crippen LogP contribution in [0.15, 0.2) is 60.7 Å². The average molecular weight is 415 g/mol. The number of hydrogen-bond acceptors (Lipinski definition) is 2. The molecule has 0 aliphatic heterocycles. The Bertz CT molecular complexity index is 488. The highest BCUT2D eigenvalue weighted by atomic mass is 16.3. The van der Waals surface area contributed by atoms with E-state index >= 15 is 0 Å². The third-order valence-corrected chi connectivity index (χ3v) is 4.97. The van der Waals surface area contributed by atoms with Gasteiger partial charge in [-0.05, 0) is 24.3 Å². The van der Waals surface area contributed by atoms with Gasteiger partial charge in [0.2, 0.25) is 0 Å². The zero-order valence-electron chi connectivity index (χ0n) is 19.6. The molecule has 0 amide bonds. The first-order valence-corrected chi connectivity index (χ1v) is 12.2. The van der Waals surface area contributed by atoms with Gasteiger partial charge in [0.1, 0.15) is 11.5 Å². The smallest absolute Gasteiger partial charge is 0.115 e. The fourth-order valence-electron chi connectivity index (χ4n) is 3.12. The summed E-state index contributed by atoms with van der Waals surface area (Å²) in [6.45, 7) is 4.58. The van der Waals surface area contributed by atoms with Gasteiger partial charge in [0.15, 0.2) is 0 Å². The van der Waals surface area contributed by atoms with E-state index in [2.05, 4.69) is 13.8 Å². The minimum atomic E-state index is 0.322. The van der Waals surface area contributed by atoms with Gasteiger partial charge < -0.3 is 10.2 Å². The fraction of sp³-hybridized carbons (Fsp3) is 0.571. The molecule has 0 unspecified atom stereocenters. The fourth-order valence-corrected chi connectivity index (χ4v) is 3.12. The van der Waals surface area contributed by atoms with Crippen LogP contribution in [0, 0.1) is 0 Å². The second-order valence-corrected chi connectivity index (χ2v) is 7.91. The molecule has 2 N–H and O–H groups in total. The van der Waals surface area contributed by atoms with Crippen LogP contribution in [0.2, 0.25) is 0 Å². The Kier molecular flexibility index (Phi) is 21.8. The minimum Gasteiger partial charge on any atom is -0.508 e. The number of phenolic OH excluding ortho intramolecular Hbond substituents is 2. The Labute approximate surface area is 186 Å². The predicted octanol–water partition coefficient (Wildman–Crippen LogP) is 9.27. The molecule has 0 aliphatic carbocycles. The van der Waals surface area contributed by atoms with Crippen LogP contribution >= 0.6 is 0 Å². The van der Waals surface area contributed by atoms with Crippen molar-refractivity contribution < 1.29 is 10.2 Å². The van der Waals surface area contributed by atoms with Gasteiger partial charge in [-0.1, -0.05) is 140 Å². The number of rotatable bonds is 13. The predicted molar refractivity (Wildman–Crippen MR) is 132 cm³/mol. The molecule has 2 heteroatoms. The first-order chi connectivity index (χ1) is 14.7. The second kappa shape index (κ2) is 23.3. The molecule has 0 spiro atoms. The van der Waals surface area contributed by atoms with Crippen LogP contribution in [-0.2, 0) is 0 Å². The number of hydrogen-bond donors (Lipinski definition) is 2. The average Bonchev–Trinajstić information content (AvgIpc) is 2.77. The zero-order valence-corrected chi connectivity index (χ0v) is 19.6. The quantitative estimate of drug-likeness (QED) is 0.320. The summed E-state index contributed by atoms with van der Waals surface area (Å²) in [6, 6.07) is 17.4. The van der Waals surface area contributed by atoms with E-state index in [0.717, 1.165) is 0 Å². The Hall–Kier alpha value is -1.96. The number of phenols is 2. The first kappa shape index (κ1) is 28.0. The van der Waals surface area contributed by atoms with Crippen LogP contribution in [0.1, 0.15) is 104 Å². The highest BCUT2D eigenvalue weighted by molar-refractivity contribution is 5.19. The number of benzene rings is 2. The Morgan fingerprint density at radius 1 is 0.400 bits per heavy atom. The molecule has 0 radical (unpaired) electrons. The van der Waals surface area contributed by atoms with Gasteiger partial charge in [-0.25, -0.2) is 0 Å². The standard InChI is InChI=1S/C16H34.2C6H6O/c1-3-5-7-9-11-13-15-16-14-12-10-8-6-4-2;2*7-6-4-2-1-3-5-6/h3-16H2,1-2H3;2*1-5,7H. The van der Waals surface area contributed by atoms with Crippen molar-refractivity contribution in [2.24, 2.45) is 0 Å². The lowest BCUT2D eigenvalue weighted by atomic mass is 10.0. The third kappa shape index (κ3) is 22.3. The summed E-state index contributed by atoms with van der Waals surface area (Å²) >= 11 is 0. The lowest BCUT2D eigenvalue weighted by Gasteiger charge is -2.02. The molecular formula is C28H46O2. The summed E-state index contributed by atoms with van der Waals surface area (Å²) in [5.41, 5.74) is 0. The first-order valence-electron chi connectivity index (χ1n) is 12.2. The van der Waals surface area contributed by atoms with Crippen molar-refractivity contribution in [3.63, 3.8) is 0 Å². The van der Waals surface area contributed by atoms with E-state index in [1.807, 2.05) is 12.1 Å². The van der Waals surface area contributed by atoms with Crippen molar-refractivity contribution in [3.8, 4) is 11.5 Å². The molecule has 2 rings (SSSR count).